The van der Waals surface area contributed by atoms with Gasteiger partial charge in [0.1, 0.15) is 11.5 Å². The highest BCUT2D eigenvalue weighted by atomic mass is 16.5. The molecule has 1 atom stereocenters. The Labute approximate surface area is 136 Å². The molecule has 0 fully saturated rings. The third kappa shape index (κ3) is 5.64. The summed E-state index contributed by atoms with van der Waals surface area (Å²) in [6.45, 7) is 2.19. The molecule has 122 valence electrons. The molecule has 5 heteroatoms. The highest BCUT2D eigenvalue weighted by Crippen LogP contribution is 2.23. The molecule has 2 rings (SSSR count). The van der Waals surface area contributed by atoms with Crippen molar-refractivity contribution in [2.24, 2.45) is 0 Å². The van der Waals surface area contributed by atoms with Gasteiger partial charge in [-0.05, 0) is 37.6 Å². The molecular weight excluding hydrogens is 292 g/mol. The summed E-state index contributed by atoms with van der Waals surface area (Å²) in [4.78, 5) is 13.6. The molecule has 2 aromatic carbocycles. The Morgan fingerprint density at radius 3 is 2.57 bits per heavy atom. The van der Waals surface area contributed by atoms with Crippen molar-refractivity contribution >= 4 is 11.7 Å². The van der Waals surface area contributed by atoms with Crippen LogP contribution in [0.2, 0.25) is 0 Å². The van der Waals surface area contributed by atoms with Crippen molar-refractivity contribution in [1.82, 2.24) is 4.90 Å². The van der Waals surface area contributed by atoms with Crippen LogP contribution in [0.5, 0.6) is 11.5 Å². The standard InChI is InChI=1S/C18H22N2O3/c1-14(21)11-12-20(2)18(22)19-15-7-6-10-17(13-15)23-16-8-4-3-5-9-16/h3-10,13-14,21H,11-12H2,1-2H3,(H,19,22). The van der Waals surface area contributed by atoms with Crippen LogP contribution in [-0.2, 0) is 0 Å². The molecule has 0 aromatic heterocycles. The van der Waals surface area contributed by atoms with Crippen LogP contribution < -0.4 is 10.1 Å². The Bertz CT molecular complexity index is 629. The van der Waals surface area contributed by atoms with Crippen molar-refractivity contribution in [1.29, 1.82) is 0 Å². The fraction of sp³-hybridized carbons (Fsp3) is 0.278. The molecule has 0 bridgehead atoms. The fourth-order valence-electron chi connectivity index (χ4n) is 1.96. The summed E-state index contributed by atoms with van der Waals surface area (Å²) in [5.41, 5.74) is 0.660. The summed E-state index contributed by atoms with van der Waals surface area (Å²) in [5, 5.41) is 12.1. The molecule has 0 aliphatic heterocycles. The number of ether oxygens (including phenoxy) is 1. The molecule has 0 aliphatic carbocycles. The molecule has 2 aromatic rings. The van der Waals surface area contributed by atoms with E-state index in [9.17, 15) is 9.90 Å². The third-order valence-corrected chi connectivity index (χ3v) is 3.29. The summed E-state index contributed by atoms with van der Waals surface area (Å²) in [6, 6.07) is 16.5. The van der Waals surface area contributed by atoms with E-state index in [2.05, 4.69) is 5.32 Å². The summed E-state index contributed by atoms with van der Waals surface area (Å²) in [6.07, 6.45) is 0.119. The molecule has 2 amide bonds. The predicted octanol–water partition coefficient (Wildman–Crippen LogP) is 3.71. The average molecular weight is 314 g/mol. The Kier molecular flexibility index (Phi) is 6.00. The van der Waals surface area contributed by atoms with Crippen LogP contribution in [0.25, 0.3) is 0 Å². The van der Waals surface area contributed by atoms with Gasteiger partial charge in [0.2, 0.25) is 0 Å². The number of para-hydroxylation sites is 1. The topological polar surface area (TPSA) is 61.8 Å². The van der Waals surface area contributed by atoms with Gasteiger partial charge in [0, 0.05) is 25.3 Å². The van der Waals surface area contributed by atoms with Crippen molar-refractivity contribution in [3.8, 4) is 11.5 Å². The lowest BCUT2D eigenvalue weighted by Gasteiger charge is -2.19. The highest BCUT2D eigenvalue weighted by molar-refractivity contribution is 5.89. The van der Waals surface area contributed by atoms with E-state index in [1.807, 2.05) is 42.5 Å². The van der Waals surface area contributed by atoms with Crippen molar-refractivity contribution < 1.29 is 14.6 Å². The second kappa shape index (κ2) is 8.19. The number of urea groups is 1. The lowest BCUT2D eigenvalue weighted by atomic mass is 10.3. The van der Waals surface area contributed by atoms with E-state index >= 15 is 0 Å². The zero-order valence-electron chi connectivity index (χ0n) is 13.4. The quantitative estimate of drug-likeness (QED) is 0.854. The van der Waals surface area contributed by atoms with Gasteiger partial charge in [-0.2, -0.15) is 0 Å². The van der Waals surface area contributed by atoms with Gasteiger partial charge in [-0.25, -0.2) is 4.79 Å². The Balaban J connectivity index is 1.95. The molecule has 2 N–H and O–H groups in total. The normalized spacial score (nSPS) is 11.6. The molecule has 0 heterocycles. The van der Waals surface area contributed by atoms with E-state index in [4.69, 9.17) is 4.74 Å². The smallest absolute Gasteiger partial charge is 0.321 e. The minimum Gasteiger partial charge on any atom is -0.457 e. The van der Waals surface area contributed by atoms with Crippen molar-refractivity contribution in [2.45, 2.75) is 19.4 Å². The van der Waals surface area contributed by atoms with Crippen molar-refractivity contribution in [3.63, 3.8) is 0 Å². The minimum atomic E-state index is -0.423. The van der Waals surface area contributed by atoms with Gasteiger partial charge in [-0.1, -0.05) is 24.3 Å². The van der Waals surface area contributed by atoms with E-state index < -0.39 is 6.10 Å². The van der Waals surface area contributed by atoms with Gasteiger partial charge in [0.15, 0.2) is 0 Å². The van der Waals surface area contributed by atoms with Crippen LogP contribution in [0.1, 0.15) is 13.3 Å². The number of carbonyl (C=O) groups is 1. The van der Waals surface area contributed by atoms with Gasteiger partial charge in [0.05, 0.1) is 6.10 Å². The number of rotatable bonds is 6. The number of aliphatic hydroxyl groups is 1. The third-order valence-electron chi connectivity index (χ3n) is 3.29. The van der Waals surface area contributed by atoms with E-state index in [1.165, 1.54) is 4.90 Å². The van der Waals surface area contributed by atoms with Crippen LogP contribution >= 0.6 is 0 Å². The summed E-state index contributed by atoms with van der Waals surface area (Å²) in [7, 11) is 1.70. The first-order chi connectivity index (χ1) is 11.0. The molecule has 23 heavy (non-hydrogen) atoms. The first-order valence-corrected chi connectivity index (χ1v) is 7.58. The van der Waals surface area contributed by atoms with E-state index in [0.29, 0.717) is 24.4 Å². The number of aliphatic hydroxyl groups excluding tert-OH is 1. The predicted molar refractivity (Wildman–Crippen MR) is 90.9 cm³/mol. The number of anilines is 1. The zero-order chi connectivity index (χ0) is 16.7. The molecule has 0 spiro atoms. The first-order valence-electron chi connectivity index (χ1n) is 7.58. The Morgan fingerprint density at radius 1 is 1.17 bits per heavy atom. The van der Waals surface area contributed by atoms with Crippen LogP contribution in [0.3, 0.4) is 0 Å². The molecular formula is C18H22N2O3. The molecule has 0 saturated heterocycles. The van der Waals surface area contributed by atoms with Crippen LogP contribution in [0, 0.1) is 0 Å². The second-order valence-electron chi connectivity index (χ2n) is 5.43. The van der Waals surface area contributed by atoms with Gasteiger partial charge in [0.25, 0.3) is 0 Å². The van der Waals surface area contributed by atoms with Crippen LogP contribution in [0.15, 0.2) is 54.6 Å². The number of nitrogens with one attached hydrogen (secondary N) is 1. The summed E-state index contributed by atoms with van der Waals surface area (Å²) in [5.74, 6) is 1.39. The van der Waals surface area contributed by atoms with Crippen LogP contribution in [-0.4, -0.2) is 35.7 Å². The maximum absolute atomic E-state index is 12.1. The number of hydrogen-bond acceptors (Lipinski definition) is 3. The molecule has 1 unspecified atom stereocenters. The van der Waals surface area contributed by atoms with E-state index in [0.717, 1.165) is 5.75 Å². The molecule has 0 aliphatic rings. The monoisotopic (exact) mass is 314 g/mol. The number of benzene rings is 2. The maximum Gasteiger partial charge on any atom is 0.321 e. The second-order valence-corrected chi connectivity index (χ2v) is 5.43. The van der Waals surface area contributed by atoms with Crippen LogP contribution in [0.4, 0.5) is 10.5 Å². The number of hydrogen-bond donors (Lipinski definition) is 2. The summed E-state index contributed by atoms with van der Waals surface area (Å²) >= 11 is 0. The van der Waals surface area contributed by atoms with Gasteiger partial charge in [-0.3, -0.25) is 0 Å². The lowest BCUT2D eigenvalue weighted by Crippen LogP contribution is -2.33. The fourth-order valence-corrected chi connectivity index (χ4v) is 1.96. The minimum absolute atomic E-state index is 0.220. The van der Waals surface area contributed by atoms with Gasteiger partial charge < -0.3 is 20.1 Å². The van der Waals surface area contributed by atoms with Crippen molar-refractivity contribution in [2.75, 3.05) is 18.9 Å². The average Bonchev–Trinajstić information content (AvgIpc) is 2.53. The number of amides is 2. The number of carbonyl (C=O) groups excluding carboxylic acids is 1. The van der Waals surface area contributed by atoms with Gasteiger partial charge >= 0.3 is 6.03 Å². The summed E-state index contributed by atoms with van der Waals surface area (Å²) < 4.78 is 5.74. The maximum atomic E-state index is 12.1. The SMILES string of the molecule is CC(O)CCN(C)C(=O)Nc1cccc(Oc2ccccc2)c1. The zero-order valence-corrected chi connectivity index (χ0v) is 13.4. The van der Waals surface area contributed by atoms with E-state index in [-0.39, 0.29) is 6.03 Å². The lowest BCUT2D eigenvalue weighted by molar-refractivity contribution is 0.167. The van der Waals surface area contributed by atoms with E-state index in [1.54, 1.807) is 26.1 Å². The molecule has 5 nitrogen and oxygen atoms in total. The highest BCUT2D eigenvalue weighted by Gasteiger charge is 2.10. The number of nitrogens with zero attached hydrogens (tertiary/aromatic N) is 1. The first kappa shape index (κ1) is 16.8. The van der Waals surface area contributed by atoms with Gasteiger partial charge in [-0.15, -0.1) is 0 Å². The molecule has 0 radical (unpaired) electrons. The largest absolute Gasteiger partial charge is 0.457 e. The molecule has 0 saturated carbocycles. The Morgan fingerprint density at radius 2 is 1.87 bits per heavy atom. The Hall–Kier alpha value is -2.53. The van der Waals surface area contributed by atoms with Crippen molar-refractivity contribution in [3.05, 3.63) is 54.6 Å².